The summed E-state index contributed by atoms with van der Waals surface area (Å²) >= 11 is 0. The van der Waals surface area contributed by atoms with Gasteiger partial charge in [-0.2, -0.15) is 0 Å². The monoisotopic (exact) mass is 406 g/mol. The molecule has 0 saturated heterocycles. The van der Waals surface area contributed by atoms with Crippen molar-refractivity contribution in [2.75, 3.05) is 0 Å². The molecule has 1 aromatic carbocycles. The number of nitrogens with one attached hydrogen (secondary N) is 1. The van der Waals surface area contributed by atoms with E-state index in [2.05, 4.69) is 14.7 Å². The quantitative estimate of drug-likeness (QED) is 0.622. The van der Waals surface area contributed by atoms with Crippen LogP contribution in [0, 0.1) is 6.92 Å². The van der Waals surface area contributed by atoms with E-state index in [1.165, 1.54) is 18.2 Å². The second-order valence-corrected chi connectivity index (χ2v) is 6.55. The predicted octanol–water partition coefficient (Wildman–Crippen LogP) is 3.99. The molecule has 0 unspecified atom stereocenters. The molecule has 2 aromatic heterocycles. The van der Waals surface area contributed by atoms with Crippen molar-refractivity contribution in [3.8, 4) is 16.9 Å². The van der Waals surface area contributed by atoms with Crippen LogP contribution in [-0.4, -0.2) is 26.8 Å². The molecule has 0 saturated carbocycles. The zero-order valence-electron chi connectivity index (χ0n) is 16.0. The third kappa shape index (κ3) is 4.44. The Morgan fingerprint density at radius 1 is 1.34 bits per heavy atom. The number of nitrogens with zero attached hydrogens (tertiary/aromatic N) is 2. The second kappa shape index (κ2) is 8.02. The minimum atomic E-state index is -4.80. The smallest absolute Gasteiger partial charge is 0.406 e. The number of rotatable bonds is 7. The Morgan fingerprint density at radius 2 is 2.10 bits per heavy atom. The summed E-state index contributed by atoms with van der Waals surface area (Å²) in [5, 5.41) is 0. The van der Waals surface area contributed by atoms with Gasteiger partial charge in [0.05, 0.1) is 11.9 Å². The summed E-state index contributed by atoms with van der Waals surface area (Å²) < 4.78 is 43.9. The van der Waals surface area contributed by atoms with Crippen molar-refractivity contribution in [2.45, 2.75) is 39.6 Å². The summed E-state index contributed by atoms with van der Waals surface area (Å²) in [6, 6.07) is 5.59. The average molecular weight is 406 g/mol. The summed E-state index contributed by atoms with van der Waals surface area (Å²) in [6.45, 7) is 4.27. The maximum absolute atomic E-state index is 12.6. The molecule has 1 amide bonds. The fourth-order valence-corrected chi connectivity index (χ4v) is 3.58. The van der Waals surface area contributed by atoms with E-state index >= 15 is 0 Å². The maximum Gasteiger partial charge on any atom is 0.573 e. The molecule has 6 nitrogen and oxygen atoms in total. The number of amides is 1. The van der Waals surface area contributed by atoms with E-state index in [0.717, 1.165) is 11.4 Å². The number of aromatic nitrogens is 3. The van der Waals surface area contributed by atoms with Crippen molar-refractivity contribution >= 4 is 5.91 Å². The average Bonchev–Trinajstić information content (AvgIpc) is 3.24. The number of hydrogen-bond acceptors (Lipinski definition) is 3. The van der Waals surface area contributed by atoms with Gasteiger partial charge in [-0.3, -0.25) is 4.79 Å². The van der Waals surface area contributed by atoms with E-state index in [9.17, 15) is 18.0 Å². The molecular weight excluding hydrogens is 385 g/mol. The van der Waals surface area contributed by atoms with E-state index in [1.54, 1.807) is 25.5 Å². The lowest BCUT2D eigenvalue weighted by atomic mass is 9.98. The largest absolute Gasteiger partial charge is 0.573 e. The lowest BCUT2D eigenvalue weighted by molar-refractivity contribution is -0.274. The third-order valence-electron chi connectivity index (χ3n) is 4.73. The standard InChI is InChI=1S/C20H21F3N4O2/c1-3-16-18(13-5-4-6-15(9-13)29-20(21,22)23)17(19(24)28)12(2)27(16)8-7-14-10-25-11-26-14/h4-6,9-11H,3,7-8H2,1-2H3,(H2,24,28)(H,25,26). The normalized spacial score (nSPS) is 11.6. The molecule has 29 heavy (non-hydrogen) atoms. The summed E-state index contributed by atoms with van der Waals surface area (Å²) in [6.07, 6.45) is -0.276. The van der Waals surface area contributed by atoms with Gasteiger partial charge < -0.3 is 20.0 Å². The molecule has 154 valence electrons. The molecule has 3 rings (SSSR count). The molecule has 3 aromatic rings. The number of primary amides is 1. The Labute approximate surface area is 165 Å². The first-order chi connectivity index (χ1) is 13.7. The summed E-state index contributed by atoms with van der Waals surface area (Å²) in [5.74, 6) is -0.982. The number of imidazole rings is 1. The van der Waals surface area contributed by atoms with Gasteiger partial charge in [-0.05, 0) is 31.0 Å². The van der Waals surface area contributed by atoms with Gasteiger partial charge in [0, 0.05) is 41.8 Å². The molecule has 3 N–H and O–H groups in total. The highest BCUT2D eigenvalue weighted by molar-refractivity contribution is 6.02. The lowest BCUT2D eigenvalue weighted by Crippen LogP contribution is -2.17. The number of carbonyl (C=O) groups excluding carboxylic acids is 1. The first-order valence-corrected chi connectivity index (χ1v) is 9.06. The van der Waals surface area contributed by atoms with Crippen molar-refractivity contribution in [3.63, 3.8) is 0 Å². The van der Waals surface area contributed by atoms with E-state index in [1.807, 2.05) is 11.5 Å². The summed E-state index contributed by atoms with van der Waals surface area (Å²) in [4.78, 5) is 19.2. The highest BCUT2D eigenvalue weighted by atomic mass is 19.4. The van der Waals surface area contributed by atoms with Crippen LogP contribution in [0.4, 0.5) is 13.2 Å². The fraction of sp³-hybridized carbons (Fsp3) is 0.300. The number of alkyl halides is 3. The molecule has 0 bridgehead atoms. The van der Waals surface area contributed by atoms with Gasteiger partial charge >= 0.3 is 6.36 Å². The Balaban J connectivity index is 2.09. The SMILES string of the molecule is CCc1c(-c2cccc(OC(F)(F)F)c2)c(C(N)=O)c(C)n1CCc1cnc[nH]1. The van der Waals surface area contributed by atoms with E-state index in [-0.39, 0.29) is 5.75 Å². The Bertz CT molecular complexity index is 1010. The minimum Gasteiger partial charge on any atom is -0.406 e. The van der Waals surface area contributed by atoms with Crippen LogP contribution in [0.5, 0.6) is 5.75 Å². The summed E-state index contributed by atoms with van der Waals surface area (Å²) in [7, 11) is 0. The molecule has 0 fully saturated rings. The highest BCUT2D eigenvalue weighted by Gasteiger charge is 2.31. The van der Waals surface area contributed by atoms with Crippen molar-refractivity contribution in [2.24, 2.45) is 5.73 Å². The minimum absolute atomic E-state index is 0.301. The number of H-pyrrole nitrogens is 1. The number of nitrogens with two attached hydrogens (primary N) is 1. The van der Waals surface area contributed by atoms with Crippen LogP contribution in [0.2, 0.25) is 0 Å². The molecular formula is C20H21F3N4O2. The molecule has 0 aliphatic carbocycles. The van der Waals surface area contributed by atoms with Crippen molar-refractivity contribution in [1.29, 1.82) is 0 Å². The van der Waals surface area contributed by atoms with E-state index < -0.39 is 12.3 Å². The molecule has 0 spiro atoms. The molecule has 9 heteroatoms. The number of ether oxygens (including phenoxy) is 1. The zero-order chi connectivity index (χ0) is 21.2. The van der Waals surface area contributed by atoms with Crippen molar-refractivity contribution < 1.29 is 22.7 Å². The Morgan fingerprint density at radius 3 is 2.69 bits per heavy atom. The second-order valence-electron chi connectivity index (χ2n) is 6.55. The number of aryl methyl sites for hydroxylation is 1. The molecule has 0 radical (unpaired) electrons. The van der Waals surface area contributed by atoms with E-state index in [0.29, 0.717) is 41.8 Å². The van der Waals surface area contributed by atoms with Gasteiger partial charge in [-0.15, -0.1) is 13.2 Å². The number of aromatic amines is 1. The lowest BCUT2D eigenvalue weighted by Gasteiger charge is -2.13. The van der Waals surface area contributed by atoms with Gasteiger partial charge in [0.25, 0.3) is 5.91 Å². The number of carbonyl (C=O) groups is 1. The van der Waals surface area contributed by atoms with Crippen molar-refractivity contribution in [3.05, 3.63) is 59.4 Å². The third-order valence-corrected chi connectivity index (χ3v) is 4.73. The first kappa shape index (κ1) is 20.5. The van der Waals surface area contributed by atoms with Crippen LogP contribution in [0.3, 0.4) is 0 Å². The highest BCUT2D eigenvalue weighted by Crippen LogP contribution is 2.36. The molecule has 2 heterocycles. The molecule has 0 aliphatic rings. The van der Waals surface area contributed by atoms with E-state index in [4.69, 9.17) is 5.73 Å². The topological polar surface area (TPSA) is 85.9 Å². The Hall–Kier alpha value is -3.23. The van der Waals surface area contributed by atoms with Crippen LogP contribution >= 0.6 is 0 Å². The van der Waals surface area contributed by atoms with Crippen LogP contribution < -0.4 is 10.5 Å². The van der Waals surface area contributed by atoms with Gasteiger partial charge in [0.15, 0.2) is 0 Å². The number of hydrogen-bond donors (Lipinski definition) is 2. The van der Waals surface area contributed by atoms with Gasteiger partial charge in [0.2, 0.25) is 0 Å². The van der Waals surface area contributed by atoms with Gasteiger partial charge in [-0.1, -0.05) is 19.1 Å². The van der Waals surface area contributed by atoms with Crippen LogP contribution in [-0.2, 0) is 19.4 Å². The number of benzene rings is 1. The Kier molecular flexibility index (Phi) is 5.67. The molecule has 0 atom stereocenters. The fourth-order valence-electron chi connectivity index (χ4n) is 3.58. The first-order valence-electron chi connectivity index (χ1n) is 9.06. The van der Waals surface area contributed by atoms with Crippen molar-refractivity contribution in [1.82, 2.24) is 14.5 Å². The van der Waals surface area contributed by atoms with Crippen LogP contribution in [0.25, 0.3) is 11.1 Å². The number of halogens is 3. The van der Waals surface area contributed by atoms with Crippen LogP contribution in [0.1, 0.15) is 34.4 Å². The van der Waals surface area contributed by atoms with Gasteiger partial charge in [-0.25, -0.2) is 4.98 Å². The molecule has 0 aliphatic heterocycles. The summed E-state index contributed by atoms with van der Waals surface area (Å²) in [5.41, 5.74) is 9.35. The van der Waals surface area contributed by atoms with Crippen LogP contribution in [0.15, 0.2) is 36.8 Å². The predicted molar refractivity (Wildman–Crippen MR) is 101 cm³/mol. The maximum atomic E-state index is 12.6. The zero-order valence-corrected chi connectivity index (χ0v) is 16.0. The van der Waals surface area contributed by atoms with Gasteiger partial charge in [0.1, 0.15) is 5.75 Å².